The number of hydrogen-bond acceptors (Lipinski definition) is 3. The van der Waals surface area contributed by atoms with Crippen molar-refractivity contribution in [2.45, 2.75) is 46.1 Å². The molecule has 0 aromatic carbocycles. The lowest BCUT2D eigenvalue weighted by atomic mass is 9.79. The zero-order valence-electron chi connectivity index (χ0n) is 10.7. The lowest BCUT2D eigenvalue weighted by molar-refractivity contribution is 0.0900. The SMILES string of the molecule is Cc1nc(C(=O)NC2CCC(C)C(C)C2)n[nH]1. The zero-order valence-corrected chi connectivity index (χ0v) is 10.7. The molecule has 0 aliphatic heterocycles. The Kier molecular flexibility index (Phi) is 3.45. The maximum atomic E-state index is 11.9. The molecule has 94 valence electrons. The number of nitrogens with one attached hydrogen (secondary N) is 2. The highest BCUT2D eigenvalue weighted by Crippen LogP contribution is 2.29. The van der Waals surface area contributed by atoms with E-state index in [-0.39, 0.29) is 17.8 Å². The van der Waals surface area contributed by atoms with Crippen molar-refractivity contribution in [2.24, 2.45) is 11.8 Å². The van der Waals surface area contributed by atoms with E-state index in [1.165, 1.54) is 6.42 Å². The molecule has 2 N–H and O–H groups in total. The second kappa shape index (κ2) is 4.85. The highest BCUT2D eigenvalue weighted by Gasteiger charge is 2.26. The first-order valence-corrected chi connectivity index (χ1v) is 6.26. The molecule has 3 atom stereocenters. The third-order valence-corrected chi connectivity index (χ3v) is 3.73. The molecule has 5 nitrogen and oxygen atoms in total. The minimum Gasteiger partial charge on any atom is -0.347 e. The Morgan fingerprint density at radius 1 is 1.35 bits per heavy atom. The largest absolute Gasteiger partial charge is 0.347 e. The topological polar surface area (TPSA) is 70.7 Å². The van der Waals surface area contributed by atoms with Gasteiger partial charge in [0.2, 0.25) is 5.82 Å². The van der Waals surface area contributed by atoms with Gasteiger partial charge in [-0.15, -0.1) is 5.10 Å². The van der Waals surface area contributed by atoms with Crippen molar-refractivity contribution in [3.63, 3.8) is 0 Å². The van der Waals surface area contributed by atoms with Crippen LogP contribution in [-0.2, 0) is 0 Å². The van der Waals surface area contributed by atoms with E-state index < -0.39 is 0 Å². The summed E-state index contributed by atoms with van der Waals surface area (Å²) >= 11 is 0. The van der Waals surface area contributed by atoms with Gasteiger partial charge in [-0.3, -0.25) is 9.89 Å². The molecule has 1 aromatic heterocycles. The molecule has 1 aliphatic rings. The Hall–Kier alpha value is -1.39. The van der Waals surface area contributed by atoms with Gasteiger partial charge < -0.3 is 5.32 Å². The van der Waals surface area contributed by atoms with E-state index >= 15 is 0 Å². The third-order valence-electron chi connectivity index (χ3n) is 3.73. The number of hydrogen-bond donors (Lipinski definition) is 2. The number of carbonyl (C=O) groups excluding carboxylic acids is 1. The molecule has 1 saturated carbocycles. The Morgan fingerprint density at radius 2 is 2.12 bits per heavy atom. The van der Waals surface area contributed by atoms with Crippen molar-refractivity contribution in [1.29, 1.82) is 0 Å². The number of nitrogens with zero attached hydrogens (tertiary/aromatic N) is 2. The van der Waals surface area contributed by atoms with E-state index in [1.807, 2.05) is 0 Å². The summed E-state index contributed by atoms with van der Waals surface area (Å²) in [5.74, 6) is 2.17. The number of H-pyrrole nitrogens is 1. The number of carbonyl (C=O) groups is 1. The Bertz CT molecular complexity index is 401. The molecule has 1 fully saturated rings. The van der Waals surface area contributed by atoms with Crippen molar-refractivity contribution in [3.05, 3.63) is 11.6 Å². The van der Waals surface area contributed by atoms with Gasteiger partial charge in [0, 0.05) is 6.04 Å². The highest BCUT2D eigenvalue weighted by atomic mass is 16.2. The fourth-order valence-corrected chi connectivity index (χ4v) is 2.37. The van der Waals surface area contributed by atoms with Crippen LogP contribution >= 0.6 is 0 Å². The molecule has 3 unspecified atom stereocenters. The van der Waals surface area contributed by atoms with Crippen LogP contribution < -0.4 is 5.32 Å². The number of rotatable bonds is 2. The smallest absolute Gasteiger partial charge is 0.291 e. The predicted molar refractivity (Wildman–Crippen MR) is 64.6 cm³/mol. The van der Waals surface area contributed by atoms with E-state index in [1.54, 1.807) is 6.92 Å². The maximum Gasteiger partial charge on any atom is 0.291 e. The molecule has 0 saturated heterocycles. The fraction of sp³-hybridized carbons (Fsp3) is 0.750. The summed E-state index contributed by atoms with van der Waals surface area (Å²) in [7, 11) is 0. The average molecular weight is 236 g/mol. The lowest BCUT2D eigenvalue weighted by Crippen LogP contribution is -2.40. The maximum absolute atomic E-state index is 11.9. The van der Waals surface area contributed by atoms with E-state index in [0.29, 0.717) is 11.7 Å². The van der Waals surface area contributed by atoms with Crippen LogP contribution in [0.4, 0.5) is 0 Å². The van der Waals surface area contributed by atoms with Crippen LogP contribution in [0.5, 0.6) is 0 Å². The van der Waals surface area contributed by atoms with Crippen LogP contribution in [0.2, 0.25) is 0 Å². The van der Waals surface area contributed by atoms with Gasteiger partial charge >= 0.3 is 0 Å². The second-order valence-corrected chi connectivity index (χ2v) is 5.18. The first-order chi connectivity index (χ1) is 8.06. The van der Waals surface area contributed by atoms with Crippen LogP contribution in [0.3, 0.4) is 0 Å². The van der Waals surface area contributed by atoms with Gasteiger partial charge in [0.1, 0.15) is 5.82 Å². The van der Waals surface area contributed by atoms with Gasteiger partial charge in [-0.05, 0) is 38.0 Å². The summed E-state index contributed by atoms with van der Waals surface area (Å²) in [6.45, 7) is 6.31. The Morgan fingerprint density at radius 3 is 2.71 bits per heavy atom. The molecule has 1 aliphatic carbocycles. The van der Waals surface area contributed by atoms with Crippen molar-refractivity contribution >= 4 is 5.91 Å². The van der Waals surface area contributed by atoms with Crippen LogP contribution in [0.1, 0.15) is 49.6 Å². The van der Waals surface area contributed by atoms with Gasteiger partial charge in [0.05, 0.1) is 0 Å². The van der Waals surface area contributed by atoms with Crippen molar-refractivity contribution < 1.29 is 4.79 Å². The summed E-state index contributed by atoms with van der Waals surface area (Å²) < 4.78 is 0. The summed E-state index contributed by atoms with van der Waals surface area (Å²) in [5, 5.41) is 9.56. The van der Waals surface area contributed by atoms with E-state index in [9.17, 15) is 4.79 Å². The fourth-order valence-electron chi connectivity index (χ4n) is 2.37. The molecule has 0 radical (unpaired) electrons. The van der Waals surface area contributed by atoms with Gasteiger partial charge in [-0.25, -0.2) is 4.98 Å². The van der Waals surface area contributed by atoms with Gasteiger partial charge in [-0.1, -0.05) is 13.8 Å². The predicted octanol–water partition coefficient (Wildman–Crippen LogP) is 1.67. The van der Waals surface area contributed by atoms with Gasteiger partial charge in [0.15, 0.2) is 0 Å². The molecule has 1 amide bonds. The standard InChI is InChI=1S/C12H20N4O/c1-7-4-5-10(6-8(7)2)14-12(17)11-13-9(3)15-16-11/h7-8,10H,4-6H2,1-3H3,(H,14,17)(H,13,15,16). The molecule has 0 bridgehead atoms. The Balaban J connectivity index is 1.91. The minimum absolute atomic E-state index is 0.166. The molecule has 17 heavy (non-hydrogen) atoms. The summed E-state index contributed by atoms with van der Waals surface area (Å²) in [4.78, 5) is 15.9. The van der Waals surface area contributed by atoms with E-state index in [0.717, 1.165) is 18.8 Å². The van der Waals surface area contributed by atoms with Crippen LogP contribution in [0.15, 0.2) is 0 Å². The normalized spacial score (nSPS) is 29.0. The average Bonchev–Trinajstić information content (AvgIpc) is 2.70. The summed E-state index contributed by atoms with van der Waals surface area (Å²) in [6, 6.07) is 0.271. The molecule has 1 aromatic rings. The summed E-state index contributed by atoms with van der Waals surface area (Å²) in [5.41, 5.74) is 0. The quantitative estimate of drug-likeness (QED) is 0.820. The van der Waals surface area contributed by atoms with Crippen LogP contribution in [0, 0.1) is 18.8 Å². The third kappa shape index (κ3) is 2.84. The molecular weight excluding hydrogens is 216 g/mol. The minimum atomic E-state index is -0.166. The highest BCUT2D eigenvalue weighted by molar-refractivity contribution is 5.90. The molecule has 2 rings (SSSR count). The molecule has 1 heterocycles. The number of amides is 1. The van der Waals surface area contributed by atoms with Crippen molar-refractivity contribution in [3.8, 4) is 0 Å². The number of aromatic nitrogens is 3. The van der Waals surface area contributed by atoms with Crippen LogP contribution in [0.25, 0.3) is 0 Å². The Labute approximate surface area is 101 Å². The first kappa shape index (κ1) is 12.1. The number of aryl methyl sites for hydroxylation is 1. The molecular formula is C12H20N4O. The zero-order chi connectivity index (χ0) is 12.4. The van der Waals surface area contributed by atoms with Crippen LogP contribution in [-0.4, -0.2) is 27.1 Å². The van der Waals surface area contributed by atoms with Crippen molar-refractivity contribution in [2.75, 3.05) is 0 Å². The number of aromatic amines is 1. The van der Waals surface area contributed by atoms with Crippen molar-refractivity contribution in [1.82, 2.24) is 20.5 Å². The van der Waals surface area contributed by atoms with Gasteiger partial charge in [-0.2, -0.15) is 0 Å². The molecule has 5 heteroatoms. The monoisotopic (exact) mass is 236 g/mol. The first-order valence-electron chi connectivity index (χ1n) is 6.26. The van der Waals surface area contributed by atoms with E-state index in [2.05, 4.69) is 34.3 Å². The van der Waals surface area contributed by atoms with E-state index in [4.69, 9.17) is 0 Å². The molecule has 0 spiro atoms. The van der Waals surface area contributed by atoms with Gasteiger partial charge in [0.25, 0.3) is 5.91 Å². The lowest BCUT2D eigenvalue weighted by Gasteiger charge is -2.32. The second-order valence-electron chi connectivity index (χ2n) is 5.18. The summed E-state index contributed by atoms with van der Waals surface area (Å²) in [6.07, 6.45) is 3.29.